The minimum Gasteiger partial charge on any atom is -0.488 e. The van der Waals surface area contributed by atoms with E-state index in [9.17, 15) is 4.79 Å². The molecule has 0 N–H and O–H groups in total. The maximum Gasteiger partial charge on any atom is 0.189 e. The molecule has 0 aromatic heterocycles. The van der Waals surface area contributed by atoms with E-state index in [1.807, 2.05) is 72.8 Å². The summed E-state index contributed by atoms with van der Waals surface area (Å²) in [6.07, 6.45) is 2.64. The molecular formula is C23H16BrClO2. The summed E-state index contributed by atoms with van der Waals surface area (Å²) in [6.45, 7) is 0.462. The number of allylic oxidation sites excluding steroid dienone is 1. The van der Waals surface area contributed by atoms with Crippen molar-refractivity contribution in [2.75, 3.05) is 0 Å². The highest BCUT2D eigenvalue weighted by Crippen LogP contribution is 2.31. The first-order chi connectivity index (χ1) is 13.1. The maximum absolute atomic E-state index is 12.5. The van der Waals surface area contributed by atoms with E-state index in [0.717, 1.165) is 38.0 Å². The van der Waals surface area contributed by atoms with Gasteiger partial charge in [0.1, 0.15) is 12.4 Å². The van der Waals surface area contributed by atoms with E-state index >= 15 is 0 Å². The highest BCUT2D eigenvalue weighted by molar-refractivity contribution is 9.10. The Morgan fingerprint density at radius 3 is 2.56 bits per heavy atom. The third-order valence-electron chi connectivity index (χ3n) is 4.54. The quantitative estimate of drug-likeness (QED) is 0.433. The Bertz CT molecular complexity index is 1040. The lowest BCUT2D eigenvalue weighted by Crippen LogP contribution is -1.97. The second kappa shape index (κ2) is 7.71. The lowest BCUT2D eigenvalue weighted by molar-refractivity contribution is 0.104. The number of hydrogen-bond acceptors (Lipinski definition) is 2. The summed E-state index contributed by atoms with van der Waals surface area (Å²) in [6, 6.07) is 21.2. The van der Waals surface area contributed by atoms with Gasteiger partial charge in [-0.15, -0.1) is 0 Å². The van der Waals surface area contributed by atoms with Crippen LogP contribution < -0.4 is 4.74 Å². The van der Waals surface area contributed by atoms with Crippen molar-refractivity contribution in [1.29, 1.82) is 0 Å². The van der Waals surface area contributed by atoms with Crippen molar-refractivity contribution in [1.82, 2.24) is 0 Å². The summed E-state index contributed by atoms with van der Waals surface area (Å²) in [5.41, 5.74) is 4.74. The molecule has 2 nitrogen and oxygen atoms in total. The molecule has 1 aliphatic rings. The van der Waals surface area contributed by atoms with E-state index in [-0.39, 0.29) is 5.78 Å². The Balaban J connectivity index is 1.49. The standard InChI is InChI=1S/C23H16BrClO2/c24-21-12-16(11-18-13-17-3-1-2-4-20(17)23(18)26)7-10-22(21)27-14-15-5-8-19(25)9-6-15/h1-12H,13-14H2/b18-11+. The van der Waals surface area contributed by atoms with Gasteiger partial charge in [0.25, 0.3) is 0 Å². The lowest BCUT2D eigenvalue weighted by Gasteiger charge is -2.09. The number of ketones is 1. The summed E-state index contributed by atoms with van der Waals surface area (Å²) >= 11 is 9.47. The maximum atomic E-state index is 12.5. The number of hydrogen-bond donors (Lipinski definition) is 0. The van der Waals surface area contributed by atoms with Crippen molar-refractivity contribution in [3.63, 3.8) is 0 Å². The number of carbonyl (C=O) groups is 1. The predicted octanol–water partition coefficient (Wildman–Crippen LogP) is 6.50. The molecule has 3 aromatic rings. The van der Waals surface area contributed by atoms with Gasteiger partial charge in [-0.1, -0.05) is 54.1 Å². The highest BCUT2D eigenvalue weighted by Gasteiger charge is 2.23. The van der Waals surface area contributed by atoms with E-state index in [1.165, 1.54) is 0 Å². The SMILES string of the molecule is O=C1/C(=C/c2ccc(OCc3ccc(Cl)cc3)c(Br)c2)Cc2ccccc21. The summed E-state index contributed by atoms with van der Waals surface area (Å²) in [5.74, 6) is 0.873. The molecule has 4 rings (SSSR count). The Morgan fingerprint density at radius 2 is 1.81 bits per heavy atom. The normalized spacial score (nSPS) is 14.4. The average Bonchev–Trinajstić information content (AvgIpc) is 2.98. The zero-order chi connectivity index (χ0) is 18.8. The first-order valence-electron chi connectivity index (χ1n) is 8.60. The summed E-state index contributed by atoms with van der Waals surface area (Å²) in [5, 5.41) is 0.709. The third-order valence-corrected chi connectivity index (χ3v) is 5.41. The highest BCUT2D eigenvalue weighted by atomic mass is 79.9. The van der Waals surface area contributed by atoms with Crippen LogP contribution in [0.4, 0.5) is 0 Å². The number of ether oxygens (including phenoxy) is 1. The zero-order valence-electron chi connectivity index (χ0n) is 14.4. The van der Waals surface area contributed by atoms with Crippen molar-refractivity contribution in [2.24, 2.45) is 0 Å². The van der Waals surface area contributed by atoms with Gasteiger partial charge < -0.3 is 4.74 Å². The lowest BCUT2D eigenvalue weighted by atomic mass is 10.1. The van der Waals surface area contributed by atoms with Crippen LogP contribution in [0.1, 0.15) is 27.0 Å². The second-order valence-electron chi connectivity index (χ2n) is 6.44. The molecule has 1 aliphatic carbocycles. The van der Waals surface area contributed by atoms with Crippen molar-refractivity contribution in [3.8, 4) is 5.75 Å². The van der Waals surface area contributed by atoms with Crippen LogP contribution in [0.15, 0.2) is 76.8 Å². The van der Waals surface area contributed by atoms with Gasteiger partial charge in [-0.3, -0.25) is 4.79 Å². The minimum atomic E-state index is 0.116. The molecule has 0 aliphatic heterocycles. The molecule has 0 heterocycles. The van der Waals surface area contributed by atoms with Crippen molar-refractivity contribution >= 4 is 39.4 Å². The molecule has 3 aromatic carbocycles. The van der Waals surface area contributed by atoms with Crippen LogP contribution in [0.3, 0.4) is 0 Å². The van der Waals surface area contributed by atoms with E-state index in [0.29, 0.717) is 18.1 Å². The minimum absolute atomic E-state index is 0.116. The zero-order valence-corrected chi connectivity index (χ0v) is 16.8. The number of rotatable bonds is 4. The topological polar surface area (TPSA) is 26.3 Å². The van der Waals surface area contributed by atoms with E-state index < -0.39 is 0 Å². The smallest absolute Gasteiger partial charge is 0.189 e. The monoisotopic (exact) mass is 438 g/mol. The van der Waals surface area contributed by atoms with Gasteiger partial charge in [-0.05, 0) is 63.0 Å². The Morgan fingerprint density at radius 1 is 1.04 bits per heavy atom. The first-order valence-corrected chi connectivity index (χ1v) is 9.77. The van der Waals surface area contributed by atoms with Crippen LogP contribution >= 0.6 is 27.5 Å². The Labute approximate surface area is 171 Å². The molecule has 134 valence electrons. The number of halogens is 2. The fraction of sp³-hybridized carbons (Fsp3) is 0.0870. The number of fused-ring (bicyclic) bond motifs is 1. The van der Waals surface area contributed by atoms with Crippen LogP contribution in [0.5, 0.6) is 5.75 Å². The Kier molecular flexibility index (Phi) is 5.15. The largest absolute Gasteiger partial charge is 0.488 e. The van der Waals surface area contributed by atoms with E-state index in [1.54, 1.807) is 0 Å². The van der Waals surface area contributed by atoms with Gasteiger partial charge in [0, 0.05) is 22.6 Å². The third kappa shape index (κ3) is 4.00. The molecular weight excluding hydrogens is 424 g/mol. The van der Waals surface area contributed by atoms with Crippen LogP contribution in [0, 0.1) is 0 Å². The molecule has 0 unspecified atom stereocenters. The molecule has 27 heavy (non-hydrogen) atoms. The second-order valence-corrected chi connectivity index (χ2v) is 7.73. The molecule has 0 bridgehead atoms. The van der Waals surface area contributed by atoms with Crippen LogP contribution in [0.25, 0.3) is 6.08 Å². The molecule has 0 saturated carbocycles. The molecule has 0 atom stereocenters. The van der Waals surface area contributed by atoms with Crippen LogP contribution in [-0.2, 0) is 13.0 Å². The van der Waals surface area contributed by atoms with Gasteiger partial charge in [-0.25, -0.2) is 0 Å². The molecule has 0 spiro atoms. The molecule has 0 amide bonds. The van der Waals surface area contributed by atoms with Gasteiger partial charge in [0.15, 0.2) is 5.78 Å². The van der Waals surface area contributed by atoms with Gasteiger partial charge >= 0.3 is 0 Å². The molecule has 0 saturated heterocycles. The number of carbonyl (C=O) groups excluding carboxylic acids is 1. The van der Waals surface area contributed by atoms with E-state index in [4.69, 9.17) is 16.3 Å². The number of Topliss-reactive ketones (excluding diaryl/α,β-unsaturated/α-hetero) is 1. The fourth-order valence-corrected chi connectivity index (χ4v) is 3.77. The van der Waals surface area contributed by atoms with Crippen molar-refractivity contribution in [2.45, 2.75) is 13.0 Å². The number of benzene rings is 3. The van der Waals surface area contributed by atoms with Crippen molar-refractivity contribution in [3.05, 3.63) is 104 Å². The Hall–Kier alpha value is -2.36. The molecule has 0 radical (unpaired) electrons. The molecule has 0 fully saturated rings. The fourth-order valence-electron chi connectivity index (χ4n) is 3.14. The summed E-state index contributed by atoms with van der Waals surface area (Å²) < 4.78 is 6.74. The van der Waals surface area contributed by atoms with Crippen molar-refractivity contribution < 1.29 is 9.53 Å². The van der Waals surface area contributed by atoms with Crippen LogP contribution in [0.2, 0.25) is 5.02 Å². The van der Waals surface area contributed by atoms with Gasteiger partial charge in [0.05, 0.1) is 4.47 Å². The van der Waals surface area contributed by atoms with Gasteiger partial charge in [-0.2, -0.15) is 0 Å². The summed E-state index contributed by atoms with van der Waals surface area (Å²) in [7, 11) is 0. The summed E-state index contributed by atoms with van der Waals surface area (Å²) in [4.78, 5) is 12.5. The van der Waals surface area contributed by atoms with Crippen LogP contribution in [-0.4, -0.2) is 5.78 Å². The average molecular weight is 440 g/mol. The van der Waals surface area contributed by atoms with Gasteiger partial charge in [0.2, 0.25) is 0 Å². The molecule has 4 heteroatoms. The predicted molar refractivity (Wildman–Crippen MR) is 112 cm³/mol. The van der Waals surface area contributed by atoms with E-state index in [2.05, 4.69) is 15.9 Å². The first kappa shape index (κ1) is 18.0.